The van der Waals surface area contributed by atoms with Crippen LogP contribution in [-0.2, 0) is 11.3 Å². The molecule has 0 atom stereocenters. The minimum absolute atomic E-state index is 0.0224. The molecule has 1 N–H and O–H groups in total. The maximum Gasteiger partial charge on any atom is 0.246 e. The highest BCUT2D eigenvalue weighted by molar-refractivity contribution is 7.99. The predicted octanol–water partition coefficient (Wildman–Crippen LogP) is 6.34. The number of para-hydroxylation sites is 1. The Kier molecular flexibility index (Phi) is 6.10. The Balaban J connectivity index is 1.40. The lowest BCUT2D eigenvalue weighted by molar-refractivity contribution is -0.116. The van der Waals surface area contributed by atoms with Crippen molar-refractivity contribution < 1.29 is 9.18 Å². The van der Waals surface area contributed by atoms with Crippen LogP contribution in [0.2, 0.25) is 0 Å². The van der Waals surface area contributed by atoms with Gasteiger partial charge in [-0.3, -0.25) is 4.79 Å². The van der Waals surface area contributed by atoms with Crippen LogP contribution in [0.3, 0.4) is 0 Å². The summed E-state index contributed by atoms with van der Waals surface area (Å²) in [6.07, 6.45) is 1.68. The van der Waals surface area contributed by atoms with Gasteiger partial charge in [-0.1, -0.05) is 54.2 Å². The van der Waals surface area contributed by atoms with Crippen molar-refractivity contribution in [3.63, 3.8) is 0 Å². The van der Waals surface area contributed by atoms with Gasteiger partial charge in [0.2, 0.25) is 5.91 Å². The van der Waals surface area contributed by atoms with Crippen molar-refractivity contribution in [2.75, 3.05) is 5.32 Å². The molecule has 0 saturated carbocycles. The standard InChI is InChI=1S/C27H21FN4OS/c1-18-26-22(19-11-13-20(28)14-12-19)15-16-29-27(26)32(31-18)17-25(33)30-23-9-5-6-10-24(23)34-21-7-3-2-4-8-21/h2-16H,17H2,1H3,(H,30,33). The Labute approximate surface area is 200 Å². The first-order chi connectivity index (χ1) is 16.6. The van der Waals surface area contributed by atoms with E-state index in [2.05, 4.69) is 15.4 Å². The molecular formula is C27H21FN4OS. The SMILES string of the molecule is Cc1nn(CC(=O)Nc2ccccc2Sc2ccccc2)c2nccc(-c3ccc(F)cc3)c12. The molecule has 1 amide bonds. The van der Waals surface area contributed by atoms with E-state index < -0.39 is 0 Å². The minimum Gasteiger partial charge on any atom is -0.323 e. The zero-order valence-electron chi connectivity index (χ0n) is 18.4. The van der Waals surface area contributed by atoms with Crippen LogP contribution in [0.4, 0.5) is 10.1 Å². The number of benzene rings is 3. The van der Waals surface area contributed by atoms with Crippen LogP contribution in [0.25, 0.3) is 22.2 Å². The molecular weight excluding hydrogens is 447 g/mol. The Morgan fingerprint density at radius 3 is 2.50 bits per heavy atom. The Morgan fingerprint density at radius 1 is 0.971 bits per heavy atom. The molecule has 5 aromatic rings. The zero-order valence-corrected chi connectivity index (χ0v) is 19.2. The lowest BCUT2D eigenvalue weighted by Gasteiger charge is -2.11. The maximum atomic E-state index is 13.4. The van der Waals surface area contributed by atoms with Crippen LogP contribution in [0.5, 0.6) is 0 Å². The van der Waals surface area contributed by atoms with Gasteiger partial charge in [-0.25, -0.2) is 14.1 Å². The topological polar surface area (TPSA) is 59.8 Å². The normalized spacial score (nSPS) is 11.0. The van der Waals surface area contributed by atoms with Crippen molar-refractivity contribution in [1.29, 1.82) is 0 Å². The third kappa shape index (κ3) is 4.56. The van der Waals surface area contributed by atoms with Gasteiger partial charge in [-0.2, -0.15) is 5.10 Å². The van der Waals surface area contributed by atoms with E-state index in [1.165, 1.54) is 12.1 Å². The van der Waals surface area contributed by atoms with Gasteiger partial charge in [0.1, 0.15) is 12.4 Å². The number of fused-ring (bicyclic) bond motifs is 1. The first kappa shape index (κ1) is 21.9. The first-order valence-electron chi connectivity index (χ1n) is 10.8. The zero-order chi connectivity index (χ0) is 23.5. The molecule has 0 aliphatic carbocycles. The number of rotatable bonds is 6. The number of hydrogen-bond donors (Lipinski definition) is 1. The summed E-state index contributed by atoms with van der Waals surface area (Å²) in [7, 11) is 0. The number of carbonyl (C=O) groups is 1. The Morgan fingerprint density at radius 2 is 1.71 bits per heavy atom. The minimum atomic E-state index is -0.288. The van der Waals surface area contributed by atoms with Crippen molar-refractivity contribution in [3.8, 4) is 11.1 Å². The number of carbonyl (C=O) groups excluding carboxylic acids is 1. The average molecular weight is 469 g/mol. The predicted molar refractivity (Wildman–Crippen MR) is 133 cm³/mol. The van der Waals surface area contributed by atoms with Crippen LogP contribution in [0, 0.1) is 12.7 Å². The summed E-state index contributed by atoms with van der Waals surface area (Å²) in [5.41, 5.74) is 3.89. The van der Waals surface area contributed by atoms with Crippen molar-refractivity contribution in [2.45, 2.75) is 23.3 Å². The summed E-state index contributed by atoms with van der Waals surface area (Å²) < 4.78 is 15.0. The average Bonchev–Trinajstić information content (AvgIpc) is 3.17. The summed E-state index contributed by atoms with van der Waals surface area (Å²) in [5.74, 6) is -0.483. The van der Waals surface area contributed by atoms with Gasteiger partial charge >= 0.3 is 0 Å². The first-order valence-corrected chi connectivity index (χ1v) is 11.6. The van der Waals surface area contributed by atoms with Gasteiger partial charge in [0.25, 0.3) is 0 Å². The van der Waals surface area contributed by atoms with E-state index in [9.17, 15) is 9.18 Å². The molecule has 0 unspecified atom stereocenters. The number of hydrogen-bond acceptors (Lipinski definition) is 4. The molecule has 168 valence electrons. The monoisotopic (exact) mass is 468 g/mol. The molecule has 5 nitrogen and oxygen atoms in total. The molecule has 7 heteroatoms. The van der Waals surface area contributed by atoms with Crippen molar-refractivity contribution in [2.24, 2.45) is 0 Å². The highest BCUT2D eigenvalue weighted by Gasteiger charge is 2.17. The van der Waals surface area contributed by atoms with Crippen LogP contribution in [0.1, 0.15) is 5.69 Å². The van der Waals surface area contributed by atoms with E-state index in [4.69, 9.17) is 0 Å². The lowest BCUT2D eigenvalue weighted by atomic mass is 10.0. The van der Waals surface area contributed by atoms with Crippen molar-refractivity contribution >= 4 is 34.4 Å². The fourth-order valence-electron chi connectivity index (χ4n) is 3.86. The summed E-state index contributed by atoms with van der Waals surface area (Å²) in [6, 6.07) is 25.9. The second-order valence-corrected chi connectivity index (χ2v) is 8.88. The van der Waals surface area contributed by atoms with Gasteiger partial charge in [0, 0.05) is 21.4 Å². The van der Waals surface area contributed by atoms with E-state index in [-0.39, 0.29) is 18.3 Å². The molecule has 0 aliphatic heterocycles. The third-order valence-electron chi connectivity index (χ3n) is 5.39. The summed E-state index contributed by atoms with van der Waals surface area (Å²) in [6.45, 7) is 1.91. The molecule has 0 aliphatic rings. The molecule has 5 rings (SSSR count). The number of amides is 1. The number of pyridine rings is 1. The number of nitrogens with zero attached hydrogens (tertiary/aromatic N) is 3. The van der Waals surface area contributed by atoms with Gasteiger partial charge < -0.3 is 5.32 Å². The largest absolute Gasteiger partial charge is 0.323 e. The van der Waals surface area contributed by atoms with Gasteiger partial charge in [0.05, 0.1) is 11.4 Å². The van der Waals surface area contributed by atoms with Crippen LogP contribution in [0.15, 0.2) is 101 Å². The molecule has 2 heterocycles. The molecule has 0 radical (unpaired) electrons. The number of aryl methyl sites for hydroxylation is 1. The van der Waals surface area contributed by atoms with Crippen LogP contribution >= 0.6 is 11.8 Å². The molecule has 0 fully saturated rings. The lowest BCUT2D eigenvalue weighted by Crippen LogP contribution is -2.20. The van der Waals surface area contributed by atoms with E-state index in [0.717, 1.165) is 37.7 Å². The van der Waals surface area contributed by atoms with Crippen LogP contribution < -0.4 is 5.32 Å². The number of halogens is 1. The highest BCUT2D eigenvalue weighted by atomic mass is 32.2. The van der Waals surface area contributed by atoms with Gasteiger partial charge in [-0.05, 0) is 60.5 Å². The van der Waals surface area contributed by atoms with E-state index in [1.54, 1.807) is 34.8 Å². The summed E-state index contributed by atoms with van der Waals surface area (Å²) in [5, 5.41) is 8.44. The molecule has 0 saturated heterocycles. The number of nitrogens with one attached hydrogen (secondary N) is 1. The van der Waals surface area contributed by atoms with E-state index in [1.807, 2.05) is 67.6 Å². The van der Waals surface area contributed by atoms with Crippen LogP contribution in [-0.4, -0.2) is 20.7 Å². The summed E-state index contributed by atoms with van der Waals surface area (Å²) in [4.78, 5) is 19.5. The van der Waals surface area contributed by atoms with Gasteiger partial charge in [-0.15, -0.1) is 0 Å². The third-order valence-corrected chi connectivity index (χ3v) is 6.47. The summed E-state index contributed by atoms with van der Waals surface area (Å²) >= 11 is 1.59. The van der Waals surface area contributed by atoms with E-state index in [0.29, 0.717) is 5.65 Å². The fourth-order valence-corrected chi connectivity index (χ4v) is 4.78. The number of aromatic nitrogens is 3. The molecule has 0 bridgehead atoms. The van der Waals surface area contributed by atoms with E-state index >= 15 is 0 Å². The van der Waals surface area contributed by atoms with Gasteiger partial charge in [0.15, 0.2) is 5.65 Å². The molecule has 3 aromatic carbocycles. The highest BCUT2D eigenvalue weighted by Crippen LogP contribution is 2.33. The number of anilines is 1. The maximum absolute atomic E-state index is 13.4. The molecule has 0 spiro atoms. The second-order valence-electron chi connectivity index (χ2n) is 7.77. The quantitative estimate of drug-likeness (QED) is 0.316. The Hall–Kier alpha value is -3.97. The van der Waals surface area contributed by atoms with Crippen molar-refractivity contribution in [3.05, 3.63) is 103 Å². The second kappa shape index (κ2) is 9.49. The fraction of sp³-hybridized carbons (Fsp3) is 0.0741. The molecule has 34 heavy (non-hydrogen) atoms. The van der Waals surface area contributed by atoms with Crippen molar-refractivity contribution in [1.82, 2.24) is 14.8 Å². The smallest absolute Gasteiger partial charge is 0.246 e. The molecule has 2 aromatic heterocycles. The Bertz CT molecular complexity index is 1470.